The van der Waals surface area contributed by atoms with E-state index < -0.39 is 10.0 Å². The summed E-state index contributed by atoms with van der Waals surface area (Å²) in [4.78, 5) is 12.3. The summed E-state index contributed by atoms with van der Waals surface area (Å²) in [6.45, 7) is 4.10. The van der Waals surface area contributed by atoms with Gasteiger partial charge in [0.15, 0.2) is 0 Å². The lowest BCUT2D eigenvalue weighted by Crippen LogP contribution is -2.19. The lowest BCUT2D eigenvalue weighted by atomic mass is 10.0. The number of imidazole rings is 1. The molecule has 0 amide bonds. The molecule has 144 valence electrons. The first-order valence-electron chi connectivity index (χ1n) is 8.52. The number of methoxy groups -OCH3 is 1. The van der Waals surface area contributed by atoms with Gasteiger partial charge in [-0.1, -0.05) is 26.0 Å². The Kier molecular flexibility index (Phi) is 4.77. The summed E-state index contributed by atoms with van der Waals surface area (Å²) >= 11 is 0. The van der Waals surface area contributed by atoms with Crippen LogP contribution in [-0.4, -0.2) is 24.7 Å². The molecule has 3 aromatic rings. The minimum absolute atomic E-state index is 0.163. The summed E-state index contributed by atoms with van der Waals surface area (Å²) in [5, 5.41) is 0. The smallest absolute Gasteiger partial charge is 0.328 e. The van der Waals surface area contributed by atoms with E-state index in [4.69, 9.17) is 4.74 Å². The third-order valence-corrected chi connectivity index (χ3v) is 6.08. The Morgan fingerprint density at radius 3 is 2.07 bits per heavy atom. The Balaban J connectivity index is 2.06. The van der Waals surface area contributed by atoms with Crippen LogP contribution in [0.3, 0.4) is 0 Å². The van der Waals surface area contributed by atoms with Crippen LogP contribution in [0.25, 0.3) is 11.0 Å². The summed E-state index contributed by atoms with van der Waals surface area (Å²) in [5.74, 6) is 0.655. The third kappa shape index (κ3) is 3.32. The molecule has 0 saturated carbocycles. The van der Waals surface area contributed by atoms with Crippen molar-refractivity contribution in [1.82, 2.24) is 9.13 Å². The van der Waals surface area contributed by atoms with Crippen LogP contribution in [0.1, 0.15) is 25.3 Å². The number of aryl methyl sites for hydroxylation is 2. The van der Waals surface area contributed by atoms with Crippen molar-refractivity contribution in [1.29, 1.82) is 0 Å². The van der Waals surface area contributed by atoms with Gasteiger partial charge in [-0.05, 0) is 29.7 Å². The number of sulfonamides is 1. The van der Waals surface area contributed by atoms with E-state index in [2.05, 4.69) is 4.72 Å². The quantitative estimate of drug-likeness (QED) is 0.727. The van der Waals surface area contributed by atoms with Gasteiger partial charge in [0.1, 0.15) is 5.75 Å². The molecule has 1 heterocycles. The highest BCUT2D eigenvalue weighted by Gasteiger charge is 2.19. The number of nitrogens with one attached hydrogen (secondary N) is 1. The SMILES string of the molecule is COc1cc2c(cc1NS(=O)(=O)c1ccc(C(C)C)cc1)n(C)c(=O)n2C. The first kappa shape index (κ1) is 19.0. The van der Waals surface area contributed by atoms with Gasteiger partial charge in [0.2, 0.25) is 0 Å². The maximum Gasteiger partial charge on any atom is 0.328 e. The average molecular weight is 389 g/mol. The first-order chi connectivity index (χ1) is 12.7. The Hall–Kier alpha value is -2.74. The molecule has 0 aliphatic heterocycles. The minimum atomic E-state index is -3.80. The number of nitrogens with zero attached hydrogens (tertiary/aromatic N) is 2. The van der Waals surface area contributed by atoms with E-state index in [1.807, 2.05) is 13.8 Å². The molecule has 0 aliphatic carbocycles. The van der Waals surface area contributed by atoms with Crippen LogP contribution in [0, 0.1) is 0 Å². The fourth-order valence-electron chi connectivity index (χ4n) is 3.01. The Morgan fingerprint density at radius 1 is 1.00 bits per heavy atom. The molecular weight excluding hydrogens is 366 g/mol. The highest BCUT2D eigenvalue weighted by molar-refractivity contribution is 7.92. The van der Waals surface area contributed by atoms with Crippen LogP contribution >= 0.6 is 0 Å². The zero-order chi connectivity index (χ0) is 19.9. The molecule has 1 N–H and O–H groups in total. The van der Waals surface area contributed by atoms with Crippen molar-refractivity contribution in [3.05, 3.63) is 52.4 Å². The first-order valence-corrected chi connectivity index (χ1v) is 10.00. The number of anilines is 1. The zero-order valence-electron chi connectivity index (χ0n) is 16.0. The Morgan fingerprint density at radius 2 is 1.56 bits per heavy atom. The van der Waals surface area contributed by atoms with Gasteiger partial charge >= 0.3 is 5.69 Å². The predicted octanol–water partition coefficient (Wildman–Crippen LogP) is 2.81. The number of aromatic nitrogens is 2. The summed E-state index contributed by atoms with van der Waals surface area (Å²) in [7, 11) is 0.954. The van der Waals surface area contributed by atoms with Crippen molar-refractivity contribution in [2.24, 2.45) is 14.1 Å². The van der Waals surface area contributed by atoms with Crippen molar-refractivity contribution in [3.63, 3.8) is 0 Å². The van der Waals surface area contributed by atoms with E-state index in [0.29, 0.717) is 22.7 Å². The largest absolute Gasteiger partial charge is 0.494 e. The molecule has 27 heavy (non-hydrogen) atoms. The molecule has 0 fully saturated rings. The number of fused-ring (bicyclic) bond motifs is 1. The molecule has 0 aliphatic rings. The lowest BCUT2D eigenvalue weighted by Gasteiger charge is -2.13. The van der Waals surface area contributed by atoms with Crippen molar-refractivity contribution in [2.45, 2.75) is 24.7 Å². The van der Waals surface area contributed by atoms with E-state index in [1.54, 1.807) is 50.5 Å². The van der Waals surface area contributed by atoms with E-state index >= 15 is 0 Å². The van der Waals surface area contributed by atoms with Gasteiger partial charge in [-0.25, -0.2) is 13.2 Å². The van der Waals surface area contributed by atoms with E-state index in [1.165, 1.54) is 16.2 Å². The van der Waals surface area contributed by atoms with Crippen LogP contribution in [0.4, 0.5) is 5.69 Å². The number of hydrogen-bond acceptors (Lipinski definition) is 4. The van der Waals surface area contributed by atoms with Gasteiger partial charge in [0.05, 0.1) is 28.7 Å². The number of hydrogen-bond donors (Lipinski definition) is 1. The highest BCUT2D eigenvalue weighted by Crippen LogP contribution is 2.31. The molecule has 0 saturated heterocycles. The van der Waals surface area contributed by atoms with Gasteiger partial charge in [0, 0.05) is 20.2 Å². The fourth-order valence-corrected chi connectivity index (χ4v) is 4.07. The maximum absolute atomic E-state index is 12.8. The minimum Gasteiger partial charge on any atom is -0.494 e. The second-order valence-corrected chi connectivity index (χ2v) is 8.45. The molecule has 1 aromatic heterocycles. The molecule has 7 nitrogen and oxygen atoms in total. The van der Waals surface area contributed by atoms with Gasteiger partial charge < -0.3 is 4.74 Å². The number of rotatable bonds is 5. The van der Waals surface area contributed by atoms with Crippen molar-refractivity contribution >= 4 is 26.7 Å². The van der Waals surface area contributed by atoms with Gasteiger partial charge in [-0.3, -0.25) is 13.9 Å². The van der Waals surface area contributed by atoms with Gasteiger partial charge in [-0.2, -0.15) is 0 Å². The van der Waals surface area contributed by atoms with Crippen LogP contribution in [-0.2, 0) is 24.1 Å². The van der Waals surface area contributed by atoms with Gasteiger partial charge in [0.25, 0.3) is 10.0 Å². The Bertz CT molecular complexity index is 1160. The predicted molar refractivity (Wildman–Crippen MR) is 106 cm³/mol. The van der Waals surface area contributed by atoms with Gasteiger partial charge in [-0.15, -0.1) is 0 Å². The lowest BCUT2D eigenvalue weighted by molar-refractivity contribution is 0.417. The molecule has 0 spiro atoms. The summed E-state index contributed by atoms with van der Waals surface area (Å²) in [5.41, 5.74) is 2.41. The van der Waals surface area contributed by atoms with E-state index in [9.17, 15) is 13.2 Å². The van der Waals surface area contributed by atoms with Crippen LogP contribution in [0.5, 0.6) is 5.75 Å². The van der Waals surface area contributed by atoms with E-state index in [-0.39, 0.29) is 16.3 Å². The van der Waals surface area contributed by atoms with Crippen molar-refractivity contribution < 1.29 is 13.2 Å². The molecule has 0 bridgehead atoms. The monoisotopic (exact) mass is 389 g/mol. The number of benzene rings is 2. The molecule has 3 rings (SSSR count). The fraction of sp³-hybridized carbons (Fsp3) is 0.316. The summed E-state index contributed by atoms with van der Waals surface area (Å²) < 4.78 is 36.5. The molecule has 0 unspecified atom stereocenters. The normalized spacial score (nSPS) is 11.9. The topological polar surface area (TPSA) is 82.3 Å². The molecule has 2 aromatic carbocycles. The molecule has 8 heteroatoms. The molecular formula is C19H23N3O4S. The van der Waals surface area contributed by atoms with Crippen LogP contribution in [0.15, 0.2) is 46.1 Å². The number of ether oxygens (including phenoxy) is 1. The molecule has 0 radical (unpaired) electrons. The average Bonchev–Trinajstić information content (AvgIpc) is 2.84. The highest BCUT2D eigenvalue weighted by atomic mass is 32.2. The molecule has 0 atom stereocenters. The summed E-state index contributed by atoms with van der Waals surface area (Å²) in [6, 6.07) is 10.0. The second kappa shape index (κ2) is 6.77. The zero-order valence-corrected chi connectivity index (χ0v) is 16.8. The maximum atomic E-state index is 12.8. The third-order valence-electron chi connectivity index (χ3n) is 4.69. The standard InChI is InChI=1S/C19H23N3O4S/c1-12(2)13-6-8-14(9-7-13)27(24,25)20-15-10-16-17(11-18(15)26-5)22(4)19(23)21(16)3/h6-12,20H,1-5H3. The van der Waals surface area contributed by atoms with Crippen LogP contribution in [0.2, 0.25) is 0 Å². The van der Waals surface area contributed by atoms with Crippen LogP contribution < -0.4 is 15.1 Å². The Labute approximate surface area is 158 Å². The van der Waals surface area contributed by atoms with Crippen molar-refractivity contribution in [2.75, 3.05) is 11.8 Å². The second-order valence-electron chi connectivity index (χ2n) is 6.77. The summed E-state index contributed by atoms with van der Waals surface area (Å²) in [6.07, 6.45) is 0. The van der Waals surface area contributed by atoms with E-state index in [0.717, 1.165) is 5.56 Å². The van der Waals surface area contributed by atoms with Crippen molar-refractivity contribution in [3.8, 4) is 5.75 Å².